The van der Waals surface area contributed by atoms with Gasteiger partial charge in [-0.3, -0.25) is 4.79 Å². The largest absolute Gasteiger partial charge is 0.394 e. The van der Waals surface area contributed by atoms with Gasteiger partial charge in [0, 0.05) is 12.1 Å². The van der Waals surface area contributed by atoms with Crippen molar-refractivity contribution < 1.29 is 9.90 Å². The highest BCUT2D eigenvalue weighted by Crippen LogP contribution is 2.43. The number of aliphatic hydroxyl groups excluding tert-OH is 1. The molecule has 1 saturated carbocycles. The van der Waals surface area contributed by atoms with E-state index in [1.54, 1.807) is 6.08 Å². The van der Waals surface area contributed by atoms with Crippen LogP contribution in [-0.2, 0) is 4.79 Å². The minimum Gasteiger partial charge on any atom is -0.394 e. The summed E-state index contributed by atoms with van der Waals surface area (Å²) < 4.78 is 0. The van der Waals surface area contributed by atoms with Crippen molar-refractivity contribution in [2.24, 2.45) is 11.3 Å². The predicted molar refractivity (Wildman–Crippen MR) is 77.8 cm³/mol. The van der Waals surface area contributed by atoms with Crippen molar-refractivity contribution in [1.29, 1.82) is 0 Å². The molecule has 3 N–H and O–H groups in total. The monoisotopic (exact) mass is 268 g/mol. The van der Waals surface area contributed by atoms with Crippen LogP contribution in [0.4, 0.5) is 0 Å². The van der Waals surface area contributed by atoms with E-state index in [-0.39, 0.29) is 30.0 Å². The number of nitrogens with one attached hydrogen (secondary N) is 2. The van der Waals surface area contributed by atoms with Gasteiger partial charge in [0.1, 0.15) is 0 Å². The van der Waals surface area contributed by atoms with Crippen molar-refractivity contribution in [3.8, 4) is 0 Å². The summed E-state index contributed by atoms with van der Waals surface area (Å²) >= 11 is 0. The second kappa shape index (κ2) is 6.53. The minimum atomic E-state index is -0.327. The van der Waals surface area contributed by atoms with E-state index in [1.807, 2.05) is 0 Å². The SMILES string of the molecule is C=CCNC(=O)CN[C@@]1(CO)C[C@H](C)CC(C)(C)C1. The van der Waals surface area contributed by atoms with Gasteiger partial charge in [0.25, 0.3) is 0 Å². The molecule has 1 fully saturated rings. The van der Waals surface area contributed by atoms with Crippen LogP contribution in [-0.4, -0.2) is 36.2 Å². The van der Waals surface area contributed by atoms with Crippen LogP contribution in [0, 0.1) is 11.3 Å². The van der Waals surface area contributed by atoms with Crippen LogP contribution in [0.1, 0.15) is 40.0 Å². The molecule has 0 radical (unpaired) electrons. The van der Waals surface area contributed by atoms with E-state index < -0.39 is 0 Å². The number of aliphatic hydroxyl groups is 1. The third-order valence-corrected chi connectivity index (χ3v) is 3.83. The van der Waals surface area contributed by atoms with E-state index in [4.69, 9.17) is 0 Å². The lowest BCUT2D eigenvalue weighted by Crippen LogP contribution is -2.57. The first kappa shape index (κ1) is 16.2. The molecule has 0 unspecified atom stereocenters. The van der Waals surface area contributed by atoms with E-state index in [0.29, 0.717) is 12.5 Å². The van der Waals surface area contributed by atoms with E-state index >= 15 is 0 Å². The molecule has 19 heavy (non-hydrogen) atoms. The lowest BCUT2D eigenvalue weighted by atomic mass is 9.64. The number of carbonyl (C=O) groups is 1. The summed E-state index contributed by atoms with van der Waals surface area (Å²) in [4.78, 5) is 11.6. The molecule has 0 heterocycles. The lowest BCUT2D eigenvalue weighted by Gasteiger charge is -2.47. The molecule has 1 aliphatic rings. The summed E-state index contributed by atoms with van der Waals surface area (Å²) in [6.45, 7) is 11.0. The number of amides is 1. The van der Waals surface area contributed by atoms with Gasteiger partial charge in [0.05, 0.1) is 13.2 Å². The Morgan fingerprint density at radius 2 is 2.16 bits per heavy atom. The molecule has 0 spiro atoms. The van der Waals surface area contributed by atoms with Gasteiger partial charge < -0.3 is 15.7 Å². The Kier molecular flexibility index (Phi) is 5.56. The Labute approximate surface area is 116 Å². The third kappa shape index (κ3) is 4.96. The quantitative estimate of drug-likeness (QED) is 0.639. The number of rotatable bonds is 6. The maximum Gasteiger partial charge on any atom is 0.234 e. The highest BCUT2D eigenvalue weighted by Gasteiger charge is 2.42. The smallest absolute Gasteiger partial charge is 0.234 e. The second-order valence-electron chi connectivity index (χ2n) is 6.74. The summed E-state index contributed by atoms with van der Waals surface area (Å²) in [5, 5.41) is 15.8. The van der Waals surface area contributed by atoms with Crippen molar-refractivity contribution in [2.45, 2.75) is 45.6 Å². The van der Waals surface area contributed by atoms with E-state index in [1.165, 1.54) is 6.42 Å². The predicted octanol–water partition coefficient (Wildman–Crippen LogP) is 1.46. The number of hydrogen-bond acceptors (Lipinski definition) is 3. The Bertz CT molecular complexity index is 328. The fraction of sp³-hybridized carbons (Fsp3) is 0.800. The van der Waals surface area contributed by atoms with Gasteiger partial charge in [-0.2, -0.15) is 0 Å². The van der Waals surface area contributed by atoms with Gasteiger partial charge in [-0.15, -0.1) is 6.58 Å². The maximum atomic E-state index is 11.6. The highest BCUT2D eigenvalue weighted by atomic mass is 16.3. The molecule has 0 aromatic carbocycles. The zero-order valence-electron chi connectivity index (χ0n) is 12.5. The molecule has 1 amide bonds. The molecule has 0 bridgehead atoms. The molecule has 4 heteroatoms. The molecule has 0 aromatic rings. The van der Waals surface area contributed by atoms with Gasteiger partial charge in [-0.05, 0) is 30.6 Å². The van der Waals surface area contributed by atoms with Gasteiger partial charge in [-0.1, -0.05) is 26.8 Å². The summed E-state index contributed by atoms with van der Waals surface area (Å²) in [6.07, 6.45) is 4.64. The molecular formula is C15H28N2O2. The summed E-state index contributed by atoms with van der Waals surface area (Å²) in [7, 11) is 0. The topological polar surface area (TPSA) is 61.4 Å². The molecule has 110 valence electrons. The second-order valence-corrected chi connectivity index (χ2v) is 6.74. The van der Waals surface area contributed by atoms with Crippen molar-refractivity contribution >= 4 is 5.91 Å². The Morgan fingerprint density at radius 3 is 2.68 bits per heavy atom. The number of carbonyl (C=O) groups excluding carboxylic acids is 1. The van der Waals surface area contributed by atoms with Crippen LogP contribution in [0.15, 0.2) is 12.7 Å². The minimum absolute atomic E-state index is 0.0521. The zero-order valence-corrected chi connectivity index (χ0v) is 12.5. The Morgan fingerprint density at radius 1 is 1.47 bits per heavy atom. The van der Waals surface area contributed by atoms with Crippen molar-refractivity contribution in [3.05, 3.63) is 12.7 Å². The van der Waals surface area contributed by atoms with Gasteiger partial charge in [0.2, 0.25) is 5.91 Å². The molecule has 0 aromatic heterocycles. The van der Waals surface area contributed by atoms with Crippen LogP contribution < -0.4 is 10.6 Å². The van der Waals surface area contributed by atoms with Gasteiger partial charge in [-0.25, -0.2) is 0 Å². The van der Waals surface area contributed by atoms with E-state index in [0.717, 1.165) is 12.8 Å². The normalized spacial score (nSPS) is 29.8. The van der Waals surface area contributed by atoms with Crippen molar-refractivity contribution in [1.82, 2.24) is 10.6 Å². The molecule has 0 aliphatic heterocycles. The standard InChI is InChI=1S/C15H28N2O2/c1-5-6-16-13(19)9-17-15(11-18)8-12(2)7-14(3,4)10-15/h5,12,17-18H,1,6-11H2,2-4H3,(H,16,19)/t12-,15+/m1/s1. The average Bonchev–Trinajstić information content (AvgIpc) is 2.31. The first-order valence-corrected chi connectivity index (χ1v) is 7.06. The van der Waals surface area contributed by atoms with E-state index in [9.17, 15) is 9.90 Å². The van der Waals surface area contributed by atoms with Crippen LogP contribution in [0.5, 0.6) is 0 Å². The van der Waals surface area contributed by atoms with Crippen LogP contribution in [0.2, 0.25) is 0 Å². The Hall–Kier alpha value is -0.870. The third-order valence-electron chi connectivity index (χ3n) is 3.83. The summed E-state index contributed by atoms with van der Waals surface area (Å²) in [5.74, 6) is 0.503. The van der Waals surface area contributed by atoms with Crippen molar-refractivity contribution in [3.63, 3.8) is 0 Å². The highest BCUT2D eigenvalue weighted by molar-refractivity contribution is 5.78. The van der Waals surface area contributed by atoms with E-state index in [2.05, 4.69) is 38.0 Å². The molecule has 2 atom stereocenters. The van der Waals surface area contributed by atoms with Gasteiger partial charge >= 0.3 is 0 Å². The maximum absolute atomic E-state index is 11.6. The van der Waals surface area contributed by atoms with Gasteiger partial charge in [0.15, 0.2) is 0 Å². The number of hydrogen-bond donors (Lipinski definition) is 3. The first-order valence-electron chi connectivity index (χ1n) is 7.06. The van der Waals surface area contributed by atoms with Crippen LogP contribution in [0.3, 0.4) is 0 Å². The fourth-order valence-corrected chi connectivity index (χ4v) is 3.57. The van der Waals surface area contributed by atoms with Crippen LogP contribution >= 0.6 is 0 Å². The average molecular weight is 268 g/mol. The molecule has 1 rings (SSSR count). The lowest BCUT2D eigenvalue weighted by molar-refractivity contribution is -0.120. The molecule has 1 aliphatic carbocycles. The Balaban J connectivity index is 2.60. The molecular weight excluding hydrogens is 240 g/mol. The zero-order chi connectivity index (χ0) is 14.5. The fourth-order valence-electron chi connectivity index (χ4n) is 3.57. The van der Waals surface area contributed by atoms with Crippen LogP contribution in [0.25, 0.3) is 0 Å². The van der Waals surface area contributed by atoms with Crippen molar-refractivity contribution in [2.75, 3.05) is 19.7 Å². The molecule has 4 nitrogen and oxygen atoms in total. The summed E-state index contributed by atoms with van der Waals surface area (Å²) in [6, 6.07) is 0. The summed E-state index contributed by atoms with van der Waals surface area (Å²) in [5.41, 5.74) is -0.127. The molecule has 0 saturated heterocycles. The first-order chi connectivity index (χ1) is 8.82.